The zero-order valence-corrected chi connectivity index (χ0v) is 21.8. The molecule has 2 unspecified atom stereocenters. The van der Waals surface area contributed by atoms with Gasteiger partial charge in [0.05, 0.1) is 6.42 Å². The van der Waals surface area contributed by atoms with Gasteiger partial charge in [0.2, 0.25) is 0 Å². The molecule has 1 aromatic rings. The first-order valence-electron chi connectivity index (χ1n) is 12.6. The maximum Gasteiger partial charge on any atom is 0.490 e. The third-order valence-corrected chi connectivity index (χ3v) is 6.26. The highest BCUT2D eigenvalue weighted by Gasteiger charge is 2.41. The fraction of sp³-hybridized carbons (Fsp3) is 0.577. The number of benzene rings is 1. The number of nitrogens with one attached hydrogen (secondary N) is 2. The lowest BCUT2D eigenvalue weighted by molar-refractivity contribution is -0.193. The molecule has 0 spiro atoms. The number of rotatable bonds is 9. The lowest BCUT2D eigenvalue weighted by atomic mass is 9.91. The maximum absolute atomic E-state index is 10.6. The second-order valence-corrected chi connectivity index (χ2v) is 9.35. The topological polar surface area (TPSA) is 136 Å². The van der Waals surface area contributed by atoms with Gasteiger partial charge in [-0.15, -0.1) is 0 Å². The van der Waals surface area contributed by atoms with Gasteiger partial charge in [0, 0.05) is 24.7 Å². The summed E-state index contributed by atoms with van der Waals surface area (Å²) in [5.41, 5.74) is 2.88. The van der Waals surface area contributed by atoms with E-state index in [9.17, 15) is 31.1 Å². The molecule has 0 saturated heterocycles. The summed E-state index contributed by atoms with van der Waals surface area (Å²) < 4.78 is 63.5. The van der Waals surface area contributed by atoms with E-state index in [1.165, 1.54) is 24.8 Å². The minimum Gasteiger partial charge on any atom is -0.481 e. The summed E-state index contributed by atoms with van der Waals surface area (Å²) in [4.78, 5) is 28.4. The van der Waals surface area contributed by atoms with Crippen LogP contribution in [0.4, 0.5) is 26.3 Å². The first kappa shape index (κ1) is 34.9. The quantitative estimate of drug-likeness (QED) is 0.253. The summed E-state index contributed by atoms with van der Waals surface area (Å²) in [5.74, 6) is -5.53. The molecule has 14 heteroatoms. The molecule has 2 saturated carbocycles. The van der Waals surface area contributed by atoms with E-state index in [1.54, 1.807) is 5.57 Å². The molecule has 0 bridgehead atoms. The molecule has 0 aromatic heterocycles. The Hall–Kier alpha value is -3.13. The van der Waals surface area contributed by atoms with Crippen molar-refractivity contribution in [2.75, 3.05) is 6.54 Å². The number of hydrogen-bond acceptors (Lipinski definition) is 5. The monoisotopic (exact) mass is 584 g/mol. The van der Waals surface area contributed by atoms with Crippen LogP contribution in [0.25, 0.3) is 6.08 Å². The summed E-state index contributed by atoms with van der Waals surface area (Å²) in [6, 6.07) is 12.4. The number of carboxylic acid groups (broad SMARTS) is 3. The van der Waals surface area contributed by atoms with E-state index in [4.69, 9.17) is 24.9 Å². The average Bonchev–Trinajstić information content (AvgIpc) is 3.62. The second-order valence-electron chi connectivity index (χ2n) is 9.35. The number of carboxylic acids is 3. The van der Waals surface area contributed by atoms with Crippen molar-refractivity contribution in [1.82, 2.24) is 10.6 Å². The molecule has 2 aliphatic rings. The first-order valence-corrected chi connectivity index (χ1v) is 12.6. The number of halogens is 6. The average molecular weight is 585 g/mol. The molecule has 2 aliphatic carbocycles. The van der Waals surface area contributed by atoms with E-state index in [-0.39, 0.29) is 6.42 Å². The van der Waals surface area contributed by atoms with Gasteiger partial charge in [0.1, 0.15) is 0 Å². The van der Waals surface area contributed by atoms with Crippen LogP contribution in [0.1, 0.15) is 57.4 Å². The van der Waals surface area contributed by atoms with Crippen LogP contribution >= 0.6 is 0 Å². The van der Waals surface area contributed by atoms with E-state index in [1.807, 2.05) is 0 Å². The number of aliphatic carboxylic acids is 3. The van der Waals surface area contributed by atoms with E-state index < -0.39 is 30.3 Å². The van der Waals surface area contributed by atoms with Gasteiger partial charge in [0.25, 0.3) is 0 Å². The predicted octanol–water partition coefficient (Wildman–Crippen LogP) is 5.10. The molecule has 2 atom stereocenters. The predicted molar refractivity (Wildman–Crippen MR) is 133 cm³/mol. The molecule has 0 radical (unpaired) electrons. The van der Waals surface area contributed by atoms with Gasteiger partial charge in [-0.05, 0) is 50.0 Å². The van der Waals surface area contributed by atoms with E-state index in [2.05, 4.69) is 54.0 Å². The minimum atomic E-state index is -5.08. The Bertz CT molecular complexity index is 952. The maximum atomic E-state index is 10.6. The molecule has 3 rings (SSSR count). The Morgan fingerprint density at radius 3 is 1.77 bits per heavy atom. The van der Waals surface area contributed by atoms with Gasteiger partial charge in [-0.25, -0.2) is 9.59 Å². The largest absolute Gasteiger partial charge is 0.490 e. The standard InChI is InChI=1S/C22H32N2O2.2C2HF3O2/c1-2-17(14-16-6-4-3-5-7-16)20-15-21(20)24-19-10-8-18(9-11-19)23-13-12-22(25)26;2*3-2(4,5)1(6)7/h3-7,14,18-21,23-24H,2,8-13,15H2,1H3,(H,25,26);2*(H,6,7)/b17-14+;;/t18-,19-,20?,21?;;. The fourth-order valence-corrected chi connectivity index (χ4v) is 4.17. The molecule has 0 aliphatic heterocycles. The Balaban J connectivity index is 0.000000473. The van der Waals surface area contributed by atoms with Crippen LogP contribution in [-0.4, -0.2) is 70.3 Å². The van der Waals surface area contributed by atoms with Crippen LogP contribution in [0.5, 0.6) is 0 Å². The minimum absolute atomic E-state index is 0.218. The van der Waals surface area contributed by atoms with Crippen LogP contribution in [0.3, 0.4) is 0 Å². The van der Waals surface area contributed by atoms with E-state index >= 15 is 0 Å². The summed E-state index contributed by atoms with van der Waals surface area (Å²) in [6.07, 6.45) is -0.508. The van der Waals surface area contributed by atoms with Crippen molar-refractivity contribution in [1.29, 1.82) is 0 Å². The van der Waals surface area contributed by atoms with Crippen molar-refractivity contribution in [2.45, 2.75) is 82.3 Å². The highest BCUT2D eigenvalue weighted by molar-refractivity contribution is 5.73. The van der Waals surface area contributed by atoms with Gasteiger partial charge >= 0.3 is 30.3 Å². The lowest BCUT2D eigenvalue weighted by Gasteiger charge is -2.30. The van der Waals surface area contributed by atoms with Gasteiger partial charge in [-0.2, -0.15) is 26.3 Å². The molecular formula is C26H34F6N2O6. The van der Waals surface area contributed by atoms with Crippen LogP contribution in [0.2, 0.25) is 0 Å². The van der Waals surface area contributed by atoms with Crippen LogP contribution in [0.15, 0.2) is 35.9 Å². The van der Waals surface area contributed by atoms with E-state index in [0.29, 0.717) is 30.6 Å². The van der Waals surface area contributed by atoms with Crippen LogP contribution in [-0.2, 0) is 14.4 Å². The zero-order valence-electron chi connectivity index (χ0n) is 21.8. The zero-order chi connectivity index (χ0) is 30.5. The van der Waals surface area contributed by atoms with Crippen molar-refractivity contribution in [2.24, 2.45) is 5.92 Å². The smallest absolute Gasteiger partial charge is 0.481 e. The van der Waals surface area contributed by atoms with Crippen molar-refractivity contribution in [3.63, 3.8) is 0 Å². The normalized spacial score (nSPS) is 22.6. The molecule has 2 fully saturated rings. The Labute approximate surface area is 227 Å². The summed E-state index contributed by atoms with van der Waals surface area (Å²) in [7, 11) is 0. The third-order valence-electron chi connectivity index (χ3n) is 6.26. The number of hydrogen-bond donors (Lipinski definition) is 5. The summed E-state index contributed by atoms with van der Waals surface area (Å²) >= 11 is 0. The van der Waals surface area contributed by atoms with Crippen molar-refractivity contribution in [3.8, 4) is 0 Å². The molecule has 5 N–H and O–H groups in total. The summed E-state index contributed by atoms with van der Waals surface area (Å²) in [6.45, 7) is 2.85. The Morgan fingerprint density at radius 1 is 0.875 bits per heavy atom. The highest BCUT2D eigenvalue weighted by atomic mass is 19.4. The van der Waals surface area contributed by atoms with Crippen molar-refractivity contribution < 1.29 is 56.0 Å². The molecule has 8 nitrogen and oxygen atoms in total. The molecule has 0 amide bonds. The molecule has 226 valence electrons. The van der Waals surface area contributed by atoms with Gasteiger partial charge in [-0.1, -0.05) is 48.9 Å². The Morgan fingerprint density at radius 2 is 1.35 bits per heavy atom. The molecule has 1 aromatic carbocycles. The Kier molecular flexibility index (Phi) is 14.1. The van der Waals surface area contributed by atoms with Gasteiger partial charge in [0.15, 0.2) is 0 Å². The number of alkyl halides is 6. The van der Waals surface area contributed by atoms with Gasteiger partial charge in [-0.3, -0.25) is 4.79 Å². The first-order chi connectivity index (χ1) is 18.5. The molecule has 0 heterocycles. The fourth-order valence-electron chi connectivity index (χ4n) is 4.17. The second kappa shape index (κ2) is 16.2. The van der Waals surface area contributed by atoms with E-state index in [0.717, 1.165) is 19.3 Å². The van der Waals surface area contributed by atoms with Crippen molar-refractivity contribution in [3.05, 3.63) is 41.5 Å². The number of carbonyl (C=O) groups is 3. The SMILES string of the molecule is CC/C(=C\c1ccccc1)C1CC1N[C@H]1CC[C@H](NCCC(=O)O)CC1.O=C(O)C(F)(F)F.O=C(O)C(F)(F)F. The molecular weight excluding hydrogens is 550 g/mol. The van der Waals surface area contributed by atoms with Crippen LogP contribution < -0.4 is 10.6 Å². The third kappa shape index (κ3) is 14.3. The summed E-state index contributed by atoms with van der Waals surface area (Å²) in [5, 5.41) is 30.2. The molecule has 40 heavy (non-hydrogen) atoms. The van der Waals surface area contributed by atoms with Crippen LogP contribution in [0, 0.1) is 5.92 Å². The van der Waals surface area contributed by atoms with Crippen molar-refractivity contribution >= 4 is 24.0 Å². The lowest BCUT2D eigenvalue weighted by Crippen LogP contribution is -2.41. The van der Waals surface area contributed by atoms with Gasteiger partial charge < -0.3 is 26.0 Å². The highest BCUT2D eigenvalue weighted by Crippen LogP contribution is 2.40.